The first-order chi connectivity index (χ1) is 16.8. The summed E-state index contributed by atoms with van der Waals surface area (Å²) in [6, 6.07) is 2.59. The summed E-state index contributed by atoms with van der Waals surface area (Å²) >= 11 is 0. The van der Waals surface area contributed by atoms with E-state index in [1.54, 1.807) is 0 Å². The number of hydrogen-bond acceptors (Lipinski definition) is 2. The summed E-state index contributed by atoms with van der Waals surface area (Å²) in [5, 5.41) is 0. The van der Waals surface area contributed by atoms with E-state index in [2.05, 4.69) is 36.3 Å². The van der Waals surface area contributed by atoms with Crippen molar-refractivity contribution in [3.63, 3.8) is 0 Å². The average molecular weight is 529 g/mol. The Hall–Kier alpha value is -0.566. The van der Waals surface area contributed by atoms with E-state index in [0.29, 0.717) is 12.1 Å². The molecule has 204 valence electrons. The SMILES string of the molecule is CCN([C-]=NC1CCCCC1)C1CCCCC1.CCN([C-]=NC1CCCCC1)C1CCCCC1.[Ni+2]. The molecule has 0 radical (unpaired) electrons. The van der Waals surface area contributed by atoms with Gasteiger partial charge in [0.15, 0.2) is 0 Å². The Kier molecular flexibility index (Phi) is 16.3. The molecule has 0 aromatic heterocycles. The van der Waals surface area contributed by atoms with Gasteiger partial charge < -0.3 is 19.8 Å². The van der Waals surface area contributed by atoms with Crippen molar-refractivity contribution in [3.05, 3.63) is 0 Å². The van der Waals surface area contributed by atoms with E-state index in [9.17, 15) is 0 Å². The van der Waals surface area contributed by atoms with Crippen LogP contribution >= 0.6 is 0 Å². The van der Waals surface area contributed by atoms with Crippen LogP contribution in [-0.2, 0) is 16.5 Å². The summed E-state index contributed by atoms with van der Waals surface area (Å²) < 4.78 is 0. The molecule has 4 saturated carbocycles. The van der Waals surface area contributed by atoms with Gasteiger partial charge >= 0.3 is 16.5 Å². The zero-order chi connectivity index (χ0) is 23.8. The second-order valence-corrected chi connectivity index (χ2v) is 11.2. The van der Waals surface area contributed by atoms with Gasteiger partial charge in [-0.3, -0.25) is 12.7 Å². The van der Waals surface area contributed by atoms with E-state index >= 15 is 0 Å². The van der Waals surface area contributed by atoms with Gasteiger partial charge in [0, 0.05) is 12.1 Å². The molecule has 4 aliphatic carbocycles. The van der Waals surface area contributed by atoms with Crippen LogP contribution in [0.15, 0.2) is 9.98 Å². The van der Waals surface area contributed by atoms with E-state index in [1.165, 1.54) is 128 Å². The summed E-state index contributed by atoms with van der Waals surface area (Å²) in [5.41, 5.74) is 0. The Bertz CT molecular complexity index is 507. The van der Waals surface area contributed by atoms with Crippen molar-refractivity contribution in [2.75, 3.05) is 13.1 Å². The molecule has 0 aromatic rings. The third kappa shape index (κ3) is 11.6. The van der Waals surface area contributed by atoms with Crippen molar-refractivity contribution in [1.29, 1.82) is 0 Å². The summed E-state index contributed by atoms with van der Waals surface area (Å²) in [5.74, 6) is 0. The topological polar surface area (TPSA) is 31.2 Å². The molecule has 0 spiro atoms. The van der Waals surface area contributed by atoms with Gasteiger partial charge in [-0.2, -0.15) is 0 Å². The second kappa shape index (κ2) is 18.6. The molecule has 0 saturated heterocycles. The predicted octanol–water partition coefficient (Wildman–Crippen LogP) is 7.76. The van der Waals surface area contributed by atoms with Gasteiger partial charge in [0.05, 0.1) is 0 Å². The van der Waals surface area contributed by atoms with Crippen molar-refractivity contribution in [3.8, 4) is 0 Å². The molecule has 4 fully saturated rings. The molecule has 4 nitrogen and oxygen atoms in total. The molecule has 4 aliphatic rings. The van der Waals surface area contributed by atoms with E-state index < -0.39 is 0 Å². The fraction of sp³-hybridized carbons (Fsp3) is 0.933. The zero-order valence-corrected chi connectivity index (χ0v) is 24.0. The minimum Gasteiger partial charge on any atom is -0.535 e. The van der Waals surface area contributed by atoms with Gasteiger partial charge in [0.2, 0.25) is 0 Å². The van der Waals surface area contributed by atoms with Crippen LogP contribution in [0.1, 0.15) is 142 Å². The fourth-order valence-electron chi connectivity index (χ4n) is 6.34. The Morgan fingerprint density at radius 3 is 1.06 bits per heavy atom. The summed E-state index contributed by atoms with van der Waals surface area (Å²) in [7, 11) is 0. The predicted molar refractivity (Wildman–Crippen MR) is 147 cm³/mol. The molecule has 5 heteroatoms. The first-order valence-corrected chi connectivity index (χ1v) is 15.2. The van der Waals surface area contributed by atoms with E-state index in [-0.39, 0.29) is 16.5 Å². The summed E-state index contributed by atoms with van der Waals surface area (Å²) in [4.78, 5) is 14.1. The van der Waals surface area contributed by atoms with Gasteiger partial charge in [-0.25, -0.2) is 0 Å². The Labute approximate surface area is 228 Å². The zero-order valence-electron chi connectivity index (χ0n) is 23.0. The molecule has 0 N–H and O–H groups in total. The van der Waals surface area contributed by atoms with Gasteiger partial charge in [-0.1, -0.05) is 90.9 Å². The Morgan fingerprint density at radius 1 is 0.486 bits per heavy atom. The van der Waals surface area contributed by atoms with E-state index in [1.807, 2.05) is 0 Å². The number of aliphatic imine (C=N–C) groups is 2. The number of rotatable bonds is 8. The summed E-state index contributed by atoms with van der Waals surface area (Å²) in [6.45, 7) is 6.61. The van der Waals surface area contributed by atoms with Crippen LogP contribution in [0.3, 0.4) is 0 Å². The Balaban J connectivity index is 0.000000240. The molecule has 0 atom stereocenters. The normalized spacial score (nSPS) is 23.6. The number of nitrogens with zero attached hydrogens (tertiary/aromatic N) is 4. The summed E-state index contributed by atoms with van der Waals surface area (Å²) in [6.07, 6.45) is 34.0. The van der Waals surface area contributed by atoms with E-state index in [4.69, 9.17) is 9.98 Å². The quantitative estimate of drug-likeness (QED) is 0.106. The third-order valence-corrected chi connectivity index (χ3v) is 8.60. The molecule has 0 amide bonds. The standard InChI is InChI=1S/2C15H27N2.Ni/c2*1-2-17(15-11-7-4-8-12-15)13-16-14-9-5-3-6-10-14;/h2*14-15H,2-12H2,1H3;/q2*-1;+2. The van der Waals surface area contributed by atoms with Crippen molar-refractivity contribution < 1.29 is 16.5 Å². The van der Waals surface area contributed by atoms with E-state index in [0.717, 1.165) is 25.2 Å². The molecule has 0 aromatic carbocycles. The molecule has 0 unspecified atom stereocenters. The van der Waals surface area contributed by atoms with Crippen LogP contribution in [0, 0.1) is 0 Å². The van der Waals surface area contributed by atoms with Crippen molar-refractivity contribution in [2.24, 2.45) is 9.98 Å². The molecule has 0 heterocycles. The maximum Gasteiger partial charge on any atom is 2.00 e. The first-order valence-electron chi connectivity index (χ1n) is 15.2. The largest absolute Gasteiger partial charge is 2.00 e. The minimum absolute atomic E-state index is 0. The molecular weight excluding hydrogens is 475 g/mol. The van der Waals surface area contributed by atoms with Gasteiger partial charge in [-0.05, 0) is 76.5 Å². The Morgan fingerprint density at radius 2 is 0.771 bits per heavy atom. The monoisotopic (exact) mass is 528 g/mol. The maximum absolute atomic E-state index is 4.71. The van der Waals surface area contributed by atoms with Crippen LogP contribution < -0.4 is 0 Å². The van der Waals surface area contributed by atoms with Crippen LogP contribution in [0.5, 0.6) is 0 Å². The fourth-order valence-corrected chi connectivity index (χ4v) is 6.34. The van der Waals surface area contributed by atoms with Gasteiger partial charge in [0.25, 0.3) is 0 Å². The smallest absolute Gasteiger partial charge is 0.535 e. The molecule has 0 aliphatic heterocycles. The number of hydrogen-bond donors (Lipinski definition) is 0. The van der Waals surface area contributed by atoms with Crippen molar-refractivity contribution in [1.82, 2.24) is 9.80 Å². The average Bonchev–Trinajstić information content (AvgIpc) is 2.92. The van der Waals surface area contributed by atoms with Crippen LogP contribution in [0.25, 0.3) is 0 Å². The molecular formula is C30H54N4Ni. The van der Waals surface area contributed by atoms with Crippen LogP contribution in [0.2, 0.25) is 0 Å². The van der Waals surface area contributed by atoms with Crippen molar-refractivity contribution >= 4 is 12.7 Å². The minimum atomic E-state index is 0. The molecule has 0 bridgehead atoms. The third-order valence-electron chi connectivity index (χ3n) is 8.60. The van der Waals surface area contributed by atoms with Gasteiger partial charge in [-0.15, -0.1) is 0 Å². The first kappa shape index (κ1) is 30.7. The molecule has 4 rings (SSSR count). The maximum atomic E-state index is 4.71. The van der Waals surface area contributed by atoms with Crippen molar-refractivity contribution in [2.45, 2.75) is 166 Å². The second-order valence-electron chi connectivity index (χ2n) is 11.2. The van der Waals surface area contributed by atoms with Crippen LogP contribution in [-0.4, -0.2) is 59.7 Å². The molecule has 35 heavy (non-hydrogen) atoms. The van der Waals surface area contributed by atoms with Crippen LogP contribution in [0.4, 0.5) is 0 Å². The van der Waals surface area contributed by atoms with Gasteiger partial charge in [0.1, 0.15) is 0 Å².